The zero-order valence-electron chi connectivity index (χ0n) is 23.2. The van der Waals surface area contributed by atoms with E-state index in [1.165, 1.54) is 28.0 Å². The molecule has 13 nitrogen and oxygen atoms in total. The molecule has 0 aromatic heterocycles. The molecular formula is C28H38N4O9. The minimum Gasteiger partial charge on any atom is -0.457 e. The van der Waals surface area contributed by atoms with E-state index in [0.717, 1.165) is 44.9 Å². The van der Waals surface area contributed by atoms with Crippen molar-refractivity contribution in [1.82, 2.24) is 15.1 Å². The highest BCUT2D eigenvalue weighted by atomic mass is 16.6. The first-order chi connectivity index (χ1) is 20.0. The van der Waals surface area contributed by atoms with Crippen LogP contribution in [0.25, 0.3) is 0 Å². The Labute approximate surface area is 239 Å². The van der Waals surface area contributed by atoms with E-state index < -0.39 is 17.8 Å². The van der Waals surface area contributed by atoms with Crippen LogP contribution in [0.4, 0.5) is 14.4 Å². The van der Waals surface area contributed by atoms with Gasteiger partial charge >= 0.3 is 24.1 Å². The largest absolute Gasteiger partial charge is 0.457 e. The number of hydrogen-bond acceptors (Lipinski definition) is 10. The Morgan fingerprint density at radius 1 is 0.756 bits per heavy atom. The summed E-state index contributed by atoms with van der Waals surface area (Å²) in [4.78, 5) is 75.6. The fourth-order valence-electron chi connectivity index (χ4n) is 3.90. The van der Waals surface area contributed by atoms with Gasteiger partial charge in [0, 0.05) is 25.2 Å². The molecule has 1 aromatic carbocycles. The number of benzene rings is 1. The second-order valence-corrected chi connectivity index (χ2v) is 9.18. The Bertz CT molecular complexity index is 1030. The number of nitrogens with zero attached hydrogens (tertiary/aromatic N) is 3. The summed E-state index contributed by atoms with van der Waals surface area (Å²) in [5.41, 5.74) is 0.253. The van der Waals surface area contributed by atoms with Crippen LogP contribution in [0, 0.1) is 0 Å². The summed E-state index contributed by atoms with van der Waals surface area (Å²) in [6.45, 7) is 1.79. The SMILES string of the molecule is O=C=NCCCCCCN1C(=O)N(CCCCCCNC(=O)OCCOCCOC(=O)C(=O)c2ccccc2)C1=O. The van der Waals surface area contributed by atoms with Gasteiger partial charge in [0.25, 0.3) is 5.78 Å². The van der Waals surface area contributed by atoms with Gasteiger partial charge in [0.15, 0.2) is 0 Å². The van der Waals surface area contributed by atoms with Crippen LogP contribution in [-0.4, -0.2) is 98.4 Å². The highest BCUT2D eigenvalue weighted by molar-refractivity contribution is 6.40. The number of Topliss-reactive ketones (excluding diaryl/α,β-unsaturated/α-hetero) is 1. The number of amides is 5. The third-order valence-electron chi connectivity index (χ3n) is 6.11. The first-order valence-corrected chi connectivity index (χ1v) is 13.9. The number of ether oxygens (including phenoxy) is 3. The normalized spacial score (nSPS) is 12.4. The van der Waals surface area contributed by atoms with E-state index in [1.807, 2.05) is 0 Å². The van der Waals surface area contributed by atoms with E-state index in [-0.39, 0.29) is 44.1 Å². The van der Waals surface area contributed by atoms with E-state index in [1.54, 1.807) is 18.2 Å². The van der Waals surface area contributed by atoms with Crippen molar-refractivity contribution in [1.29, 1.82) is 0 Å². The van der Waals surface area contributed by atoms with Crippen molar-refractivity contribution in [3.63, 3.8) is 0 Å². The number of aliphatic imine (C=N–C) groups is 1. The number of esters is 1. The number of carbonyl (C=O) groups is 5. The summed E-state index contributed by atoms with van der Waals surface area (Å²) in [7, 11) is 0. The Balaban J connectivity index is 1.37. The summed E-state index contributed by atoms with van der Waals surface area (Å²) >= 11 is 0. The van der Waals surface area contributed by atoms with Crippen molar-refractivity contribution in [2.24, 2.45) is 4.99 Å². The Morgan fingerprint density at radius 3 is 1.98 bits per heavy atom. The maximum absolute atomic E-state index is 12.1. The third-order valence-corrected chi connectivity index (χ3v) is 6.11. The Kier molecular flexibility index (Phi) is 16.1. The number of ketones is 1. The van der Waals surface area contributed by atoms with E-state index in [4.69, 9.17) is 14.2 Å². The molecule has 2 rings (SSSR count). The van der Waals surface area contributed by atoms with E-state index in [9.17, 15) is 28.8 Å². The zero-order valence-corrected chi connectivity index (χ0v) is 23.2. The van der Waals surface area contributed by atoms with Crippen molar-refractivity contribution in [3.05, 3.63) is 35.9 Å². The van der Waals surface area contributed by atoms with E-state index in [0.29, 0.717) is 32.6 Å². The number of hydrogen-bond donors (Lipinski definition) is 1. The maximum atomic E-state index is 12.1. The molecule has 1 aliphatic heterocycles. The second-order valence-electron chi connectivity index (χ2n) is 9.18. The highest BCUT2D eigenvalue weighted by Gasteiger charge is 2.42. The molecule has 1 N–H and O–H groups in total. The van der Waals surface area contributed by atoms with Gasteiger partial charge in [0.1, 0.15) is 13.2 Å². The highest BCUT2D eigenvalue weighted by Crippen LogP contribution is 2.18. The smallest absolute Gasteiger partial charge is 0.407 e. The van der Waals surface area contributed by atoms with Gasteiger partial charge in [-0.3, -0.25) is 4.79 Å². The van der Waals surface area contributed by atoms with Gasteiger partial charge < -0.3 is 19.5 Å². The van der Waals surface area contributed by atoms with Gasteiger partial charge in [-0.1, -0.05) is 56.0 Å². The van der Waals surface area contributed by atoms with Crippen LogP contribution < -0.4 is 5.32 Å². The lowest BCUT2D eigenvalue weighted by Crippen LogP contribution is -2.64. The summed E-state index contributed by atoms with van der Waals surface area (Å²) in [6, 6.07) is 7.59. The molecule has 41 heavy (non-hydrogen) atoms. The lowest BCUT2D eigenvalue weighted by atomic mass is 10.1. The number of unbranched alkanes of at least 4 members (excludes halogenated alkanes) is 6. The van der Waals surface area contributed by atoms with E-state index in [2.05, 4.69) is 10.3 Å². The average Bonchev–Trinajstić information content (AvgIpc) is 2.99. The van der Waals surface area contributed by atoms with Gasteiger partial charge in [-0.15, -0.1) is 0 Å². The van der Waals surface area contributed by atoms with Crippen LogP contribution in [-0.2, 0) is 23.8 Å². The van der Waals surface area contributed by atoms with Gasteiger partial charge in [-0.25, -0.2) is 38.8 Å². The van der Waals surface area contributed by atoms with Crippen molar-refractivity contribution >= 4 is 36.0 Å². The lowest BCUT2D eigenvalue weighted by molar-refractivity contribution is -0.139. The molecule has 224 valence electrons. The number of imide groups is 2. The fraction of sp³-hybridized carbons (Fsp3) is 0.571. The quantitative estimate of drug-likeness (QED) is 0.0546. The van der Waals surface area contributed by atoms with Crippen molar-refractivity contribution in [2.75, 3.05) is 52.6 Å². The van der Waals surface area contributed by atoms with Gasteiger partial charge in [0.2, 0.25) is 6.08 Å². The molecule has 1 aliphatic rings. The minimum atomic E-state index is -0.956. The molecule has 1 heterocycles. The minimum absolute atomic E-state index is 0.0219. The number of isocyanates is 1. The van der Waals surface area contributed by atoms with Gasteiger partial charge in [0.05, 0.1) is 19.8 Å². The molecular weight excluding hydrogens is 536 g/mol. The molecule has 1 fully saturated rings. The molecule has 0 atom stereocenters. The lowest BCUT2D eigenvalue weighted by Gasteiger charge is -2.39. The van der Waals surface area contributed by atoms with Crippen LogP contribution in [0.3, 0.4) is 0 Å². The van der Waals surface area contributed by atoms with Crippen LogP contribution >= 0.6 is 0 Å². The second kappa shape index (κ2) is 19.9. The third kappa shape index (κ3) is 12.7. The standard InChI is InChI=1S/C28H38N4O9/c33-22-29-14-8-1-3-10-16-31-27(37)32(28(31)38)17-11-4-2-9-15-30-26(36)41-21-19-39-18-20-40-25(35)24(34)23-12-6-5-7-13-23/h5-7,12-13H,1-4,8-11,14-21H2,(H,30,36). The van der Waals surface area contributed by atoms with E-state index >= 15 is 0 Å². The van der Waals surface area contributed by atoms with Crippen LogP contribution in [0.5, 0.6) is 0 Å². The average molecular weight is 575 g/mol. The Morgan fingerprint density at radius 2 is 1.34 bits per heavy atom. The number of nitrogens with one attached hydrogen (secondary N) is 1. The molecule has 0 aliphatic carbocycles. The molecule has 5 amide bonds. The zero-order chi connectivity index (χ0) is 29.7. The molecule has 13 heteroatoms. The number of urea groups is 2. The predicted octanol–water partition coefficient (Wildman–Crippen LogP) is 3.47. The number of carbonyl (C=O) groups excluding carboxylic acids is 6. The molecule has 0 radical (unpaired) electrons. The topological polar surface area (TPSA) is 161 Å². The first kappa shape index (κ1) is 33.1. The van der Waals surface area contributed by atoms with Crippen molar-refractivity contribution in [2.45, 2.75) is 51.4 Å². The summed E-state index contributed by atoms with van der Waals surface area (Å²) in [5, 5.41) is 2.64. The molecule has 0 saturated carbocycles. The van der Waals surface area contributed by atoms with Crippen LogP contribution in [0.15, 0.2) is 35.3 Å². The predicted molar refractivity (Wildman–Crippen MR) is 146 cm³/mol. The summed E-state index contributed by atoms with van der Waals surface area (Å²) in [5.74, 6) is -1.68. The first-order valence-electron chi connectivity index (χ1n) is 13.9. The maximum Gasteiger partial charge on any atom is 0.407 e. The van der Waals surface area contributed by atoms with Crippen LogP contribution in [0.1, 0.15) is 61.7 Å². The van der Waals surface area contributed by atoms with Gasteiger partial charge in [-0.05, 0) is 25.7 Å². The number of rotatable bonds is 22. The monoisotopic (exact) mass is 574 g/mol. The summed E-state index contributed by atoms with van der Waals surface area (Å²) < 4.78 is 15.1. The molecule has 1 saturated heterocycles. The molecule has 0 unspecified atom stereocenters. The van der Waals surface area contributed by atoms with Gasteiger partial charge in [-0.2, -0.15) is 0 Å². The number of alkyl carbamates (subject to hydrolysis) is 1. The van der Waals surface area contributed by atoms with Crippen molar-refractivity contribution < 1.29 is 43.0 Å². The molecule has 1 aromatic rings. The Hall–Kier alpha value is -4.09. The fourth-order valence-corrected chi connectivity index (χ4v) is 3.90. The molecule has 0 spiro atoms. The van der Waals surface area contributed by atoms with Crippen LogP contribution in [0.2, 0.25) is 0 Å². The summed E-state index contributed by atoms with van der Waals surface area (Å²) in [6.07, 6.45) is 7.25. The van der Waals surface area contributed by atoms with Crippen molar-refractivity contribution in [3.8, 4) is 0 Å². The molecule has 0 bridgehead atoms.